The number of aromatic nitrogens is 3. The van der Waals surface area contributed by atoms with E-state index in [0.717, 1.165) is 49.5 Å². The van der Waals surface area contributed by atoms with Crippen LogP contribution in [0.25, 0.3) is 33.1 Å². The summed E-state index contributed by atoms with van der Waals surface area (Å²) in [5.74, 6) is 3.97. The molecule has 4 aromatic rings. The van der Waals surface area contributed by atoms with Crippen LogP contribution in [0.4, 0.5) is 10.2 Å². The number of phenolic OH excluding ortho intramolecular Hbond substituents is 1. The molecule has 0 aliphatic carbocycles. The van der Waals surface area contributed by atoms with E-state index in [4.69, 9.17) is 42.4 Å². The van der Waals surface area contributed by atoms with Gasteiger partial charge in [0.05, 0.1) is 17.3 Å². The van der Waals surface area contributed by atoms with Crippen LogP contribution in [-0.4, -0.2) is 87.6 Å². The molecule has 5 aliphatic heterocycles. The summed E-state index contributed by atoms with van der Waals surface area (Å²) >= 11 is 7.20. The number of halogens is 2. The Kier molecular flexibility index (Phi) is 6.12. The first-order chi connectivity index (χ1) is 21.9. The minimum Gasteiger partial charge on any atom is -0.508 e. The van der Waals surface area contributed by atoms with Gasteiger partial charge in [-0.2, -0.15) is 9.97 Å². The minimum atomic E-state index is -0.857. The number of nitrogens with one attached hydrogen (secondary N) is 1. The molecule has 2 bridgehead atoms. The van der Waals surface area contributed by atoms with E-state index >= 15 is 0 Å². The van der Waals surface area contributed by atoms with E-state index < -0.39 is 6.17 Å². The highest BCUT2D eigenvalue weighted by molar-refractivity contribution is 6.36. The molecule has 45 heavy (non-hydrogen) atoms. The Morgan fingerprint density at radius 3 is 3.00 bits per heavy atom. The number of pyridine rings is 1. The molecule has 4 saturated heterocycles. The normalized spacial score (nSPS) is 28.5. The number of aromatic hydroxyl groups is 1. The Balaban J connectivity index is 1.24. The van der Waals surface area contributed by atoms with Crippen LogP contribution < -0.4 is 19.7 Å². The lowest BCUT2D eigenvalue weighted by molar-refractivity contribution is 0.107. The van der Waals surface area contributed by atoms with E-state index in [1.165, 1.54) is 0 Å². The zero-order valence-corrected chi connectivity index (χ0v) is 25.4. The van der Waals surface area contributed by atoms with Crippen molar-refractivity contribution in [2.75, 3.05) is 37.7 Å². The lowest BCUT2D eigenvalue weighted by Gasteiger charge is -2.40. The fraction of sp³-hybridized carbons (Fsp3) is 0.441. The average Bonchev–Trinajstić information content (AvgIpc) is 3.66. The van der Waals surface area contributed by atoms with Crippen LogP contribution in [0.5, 0.6) is 17.5 Å². The second kappa shape index (κ2) is 10.0. The highest BCUT2D eigenvalue weighted by Gasteiger charge is 2.50. The van der Waals surface area contributed by atoms with Gasteiger partial charge in [0.1, 0.15) is 41.4 Å². The molecule has 5 aliphatic rings. The molecule has 4 fully saturated rings. The maximum atomic E-state index is 14.5. The fourth-order valence-electron chi connectivity index (χ4n) is 8.53. The topological polar surface area (TPSA) is 95.9 Å². The number of hydrogen-bond donors (Lipinski definition) is 2. The summed E-state index contributed by atoms with van der Waals surface area (Å²) in [4.78, 5) is 19.4. The predicted octanol–water partition coefficient (Wildman–Crippen LogP) is 4.84. The summed E-state index contributed by atoms with van der Waals surface area (Å²) in [6.07, 6.45) is 9.55. The Morgan fingerprint density at radius 1 is 1.20 bits per heavy atom. The lowest BCUT2D eigenvalue weighted by atomic mass is 9.95. The molecule has 9 nitrogen and oxygen atoms in total. The summed E-state index contributed by atoms with van der Waals surface area (Å²) in [5, 5.41) is 16.9. The number of anilines is 1. The predicted molar refractivity (Wildman–Crippen MR) is 170 cm³/mol. The van der Waals surface area contributed by atoms with Gasteiger partial charge in [0.25, 0.3) is 0 Å². The number of nitrogens with zero attached hydrogens (tertiary/aromatic N) is 5. The van der Waals surface area contributed by atoms with Crippen LogP contribution in [0.1, 0.15) is 37.7 Å². The largest absolute Gasteiger partial charge is 0.508 e. The van der Waals surface area contributed by atoms with Gasteiger partial charge in [0.2, 0.25) is 0 Å². The maximum absolute atomic E-state index is 14.5. The van der Waals surface area contributed by atoms with E-state index in [2.05, 4.69) is 21.0 Å². The Hall–Kier alpha value is -3.91. The first-order valence-corrected chi connectivity index (χ1v) is 16.1. The van der Waals surface area contributed by atoms with Crippen molar-refractivity contribution >= 4 is 39.2 Å². The summed E-state index contributed by atoms with van der Waals surface area (Å²) in [5.41, 5.74) is 1.66. The molecule has 0 saturated carbocycles. The first-order valence-electron chi connectivity index (χ1n) is 15.7. The van der Waals surface area contributed by atoms with Gasteiger partial charge in [-0.3, -0.25) is 4.90 Å². The summed E-state index contributed by atoms with van der Waals surface area (Å²) < 4.78 is 27.5. The van der Waals surface area contributed by atoms with Crippen LogP contribution in [0.3, 0.4) is 0 Å². The lowest BCUT2D eigenvalue weighted by Crippen LogP contribution is -2.60. The molecular weight excluding hydrogens is 595 g/mol. The third-order valence-electron chi connectivity index (χ3n) is 10.5. The van der Waals surface area contributed by atoms with Crippen molar-refractivity contribution in [3.8, 4) is 41.1 Å². The van der Waals surface area contributed by atoms with Gasteiger partial charge in [-0.25, -0.2) is 9.37 Å². The van der Waals surface area contributed by atoms with Gasteiger partial charge < -0.3 is 24.8 Å². The number of rotatable bonds is 4. The van der Waals surface area contributed by atoms with Gasteiger partial charge in [-0.05, 0) is 55.8 Å². The number of phenols is 1. The van der Waals surface area contributed by atoms with Gasteiger partial charge in [-0.15, -0.1) is 6.42 Å². The molecule has 2 aromatic carbocycles. The van der Waals surface area contributed by atoms with Crippen LogP contribution >= 0.6 is 11.6 Å². The Morgan fingerprint density at radius 2 is 2.11 bits per heavy atom. The summed E-state index contributed by atoms with van der Waals surface area (Å²) in [6, 6.07) is 9.72. The molecule has 0 spiro atoms. The van der Waals surface area contributed by atoms with Gasteiger partial charge >= 0.3 is 6.01 Å². The second-order valence-electron chi connectivity index (χ2n) is 13.1. The third kappa shape index (κ3) is 4.17. The fourth-order valence-corrected chi connectivity index (χ4v) is 8.83. The SMILES string of the molecule is C#Cc1cccc2cc(O)cc(-c3nc4nc(OCC56CCCN5C[C@H](F)C6)nc5c4c(c3Cl)OCC3C4CCC(CN53)N4)c12. The molecule has 0 radical (unpaired) electrons. The average molecular weight is 627 g/mol. The number of hydrogen-bond acceptors (Lipinski definition) is 9. The van der Waals surface area contributed by atoms with Crippen molar-refractivity contribution in [1.82, 2.24) is 25.2 Å². The minimum absolute atomic E-state index is 0.0299. The standard InChI is InChI=1S/C34H32ClFN6O3/c1-2-18-5-3-6-19-11-22(43)12-23(26(18)19)29-28(35)30-27-31(38-29)39-33(45-17-34-9-4-10-41(34)14-20(36)13-34)40-32(27)42-15-21-7-8-24(37-21)25(42)16-44-30/h1,3,5-6,11-12,20-21,24-25,37,43H,4,7-10,13-17H2/t20-,21?,24?,25?,34?/m1/s1. The molecule has 2 N–H and O–H groups in total. The zero-order chi connectivity index (χ0) is 30.4. The van der Waals surface area contributed by atoms with Crippen molar-refractivity contribution in [2.45, 2.75) is 61.9 Å². The van der Waals surface area contributed by atoms with Crippen LogP contribution in [-0.2, 0) is 0 Å². The van der Waals surface area contributed by atoms with Crippen molar-refractivity contribution in [2.24, 2.45) is 0 Å². The number of fused-ring (bicyclic) bond motifs is 7. The van der Waals surface area contributed by atoms with E-state index in [0.29, 0.717) is 76.7 Å². The molecule has 5 atom stereocenters. The van der Waals surface area contributed by atoms with Crippen molar-refractivity contribution in [1.29, 1.82) is 0 Å². The number of terminal acetylenes is 1. The molecule has 11 heteroatoms. The summed E-state index contributed by atoms with van der Waals surface area (Å²) in [6.45, 7) is 2.79. The molecular formula is C34H32ClFN6O3. The molecule has 4 unspecified atom stereocenters. The number of benzene rings is 2. The van der Waals surface area contributed by atoms with Crippen LogP contribution in [0, 0.1) is 12.3 Å². The molecule has 230 valence electrons. The smallest absolute Gasteiger partial charge is 0.320 e. The van der Waals surface area contributed by atoms with Crippen LogP contribution in [0.2, 0.25) is 5.02 Å². The van der Waals surface area contributed by atoms with E-state index in [-0.39, 0.29) is 29.4 Å². The highest BCUT2D eigenvalue weighted by Crippen LogP contribution is 2.48. The van der Waals surface area contributed by atoms with Crippen LogP contribution in [0.15, 0.2) is 30.3 Å². The van der Waals surface area contributed by atoms with Gasteiger partial charge in [0.15, 0.2) is 11.4 Å². The van der Waals surface area contributed by atoms with Gasteiger partial charge in [0, 0.05) is 48.1 Å². The molecule has 9 rings (SSSR count). The van der Waals surface area contributed by atoms with Crippen molar-refractivity contribution in [3.05, 3.63) is 40.9 Å². The molecule has 0 amide bonds. The highest BCUT2D eigenvalue weighted by atomic mass is 35.5. The number of alkyl halides is 1. The quantitative estimate of drug-likeness (QED) is 0.309. The van der Waals surface area contributed by atoms with E-state index in [9.17, 15) is 9.50 Å². The zero-order valence-electron chi connectivity index (χ0n) is 24.6. The van der Waals surface area contributed by atoms with Crippen molar-refractivity contribution in [3.63, 3.8) is 0 Å². The Labute approximate surface area is 264 Å². The Bertz CT molecular complexity index is 1930. The molecule has 7 heterocycles. The van der Waals surface area contributed by atoms with Gasteiger partial charge in [-0.1, -0.05) is 29.7 Å². The number of piperazine rings is 1. The summed E-state index contributed by atoms with van der Waals surface area (Å²) in [7, 11) is 0. The van der Waals surface area contributed by atoms with Crippen molar-refractivity contribution < 1.29 is 19.0 Å². The molecule has 2 aromatic heterocycles. The monoisotopic (exact) mass is 626 g/mol. The third-order valence-corrected chi connectivity index (χ3v) is 10.9. The maximum Gasteiger partial charge on any atom is 0.320 e. The van der Waals surface area contributed by atoms with E-state index in [1.807, 2.05) is 18.2 Å². The van der Waals surface area contributed by atoms with E-state index in [1.54, 1.807) is 12.1 Å². The second-order valence-corrected chi connectivity index (χ2v) is 13.5. The number of ether oxygens (including phenoxy) is 2. The first kappa shape index (κ1) is 27.4.